The van der Waals surface area contributed by atoms with Crippen molar-refractivity contribution in [2.75, 3.05) is 13.2 Å². The fraction of sp³-hybridized carbons (Fsp3) is 0.636. The molecule has 0 aromatic carbocycles. The van der Waals surface area contributed by atoms with Gasteiger partial charge >= 0.3 is 18.4 Å². The summed E-state index contributed by atoms with van der Waals surface area (Å²) in [4.78, 5) is 7.54. The second-order valence-electron chi connectivity index (χ2n) is 3.89. The van der Waals surface area contributed by atoms with Gasteiger partial charge in [0.25, 0.3) is 0 Å². The lowest BCUT2D eigenvalue weighted by atomic mass is 10.2. The molecule has 0 aliphatic heterocycles. The highest BCUT2D eigenvalue weighted by atomic mass is 19.3. The van der Waals surface area contributed by atoms with Crippen molar-refractivity contribution in [3.05, 3.63) is 17.5 Å². The molecule has 1 aromatic heterocycles. The fourth-order valence-electron chi connectivity index (χ4n) is 1.20. The summed E-state index contributed by atoms with van der Waals surface area (Å²) >= 11 is 0. The van der Waals surface area contributed by atoms with Crippen molar-refractivity contribution in [3.63, 3.8) is 0 Å². The smallest absolute Gasteiger partial charge is 0.340 e. The van der Waals surface area contributed by atoms with Crippen LogP contribution in [0.15, 0.2) is 6.20 Å². The maximum Gasteiger partial charge on any atom is 0.340 e. The van der Waals surface area contributed by atoms with E-state index in [0.29, 0.717) is 12.2 Å². The van der Waals surface area contributed by atoms with Crippen LogP contribution in [0.5, 0.6) is 6.01 Å². The van der Waals surface area contributed by atoms with Gasteiger partial charge in [-0.05, 0) is 13.5 Å². The molecule has 1 N–H and O–H groups in total. The van der Waals surface area contributed by atoms with Crippen LogP contribution in [-0.2, 0) is 6.54 Å². The van der Waals surface area contributed by atoms with Crippen molar-refractivity contribution in [2.45, 2.75) is 32.7 Å². The molecule has 1 rings (SSSR count). The number of hydrogen-bond donors (Lipinski definition) is 1. The van der Waals surface area contributed by atoms with Gasteiger partial charge in [-0.3, -0.25) is 0 Å². The van der Waals surface area contributed by atoms with Gasteiger partial charge in [0, 0.05) is 24.0 Å². The largest absolute Gasteiger partial charge is 0.457 e. The molecule has 0 saturated carbocycles. The molecule has 0 unspecified atom stereocenters. The summed E-state index contributed by atoms with van der Waals surface area (Å²) in [5.74, 6) is -4.21. The summed E-state index contributed by atoms with van der Waals surface area (Å²) in [5.41, 5.74) is 1.33. The highest BCUT2D eigenvalue weighted by Gasteiger charge is 2.42. The fourth-order valence-corrected chi connectivity index (χ4v) is 1.20. The van der Waals surface area contributed by atoms with Gasteiger partial charge in [-0.2, -0.15) is 8.78 Å². The number of hydrogen-bond acceptors (Lipinski definition) is 4. The van der Waals surface area contributed by atoms with Crippen molar-refractivity contribution in [1.29, 1.82) is 0 Å². The third kappa shape index (κ3) is 4.62. The zero-order valence-electron chi connectivity index (χ0n) is 10.6. The number of rotatable bonds is 7. The van der Waals surface area contributed by atoms with E-state index in [-0.39, 0.29) is 6.01 Å². The average molecular weight is 281 g/mol. The summed E-state index contributed by atoms with van der Waals surface area (Å²) in [6, 6.07) is -0.335. The molecular formula is C11H15F4N3O. The van der Waals surface area contributed by atoms with E-state index in [1.54, 1.807) is 6.92 Å². The van der Waals surface area contributed by atoms with Crippen LogP contribution >= 0.6 is 0 Å². The van der Waals surface area contributed by atoms with Gasteiger partial charge in [-0.15, -0.1) is 0 Å². The minimum Gasteiger partial charge on any atom is -0.457 e. The third-order valence-electron chi connectivity index (χ3n) is 2.34. The van der Waals surface area contributed by atoms with Gasteiger partial charge < -0.3 is 10.1 Å². The molecule has 19 heavy (non-hydrogen) atoms. The predicted octanol–water partition coefficient (Wildman–Crippen LogP) is 2.17. The van der Waals surface area contributed by atoms with E-state index in [2.05, 4.69) is 20.0 Å². The first kappa shape index (κ1) is 15.6. The molecule has 0 radical (unpaired) electrons. The third-order valence-corrected chi connectivity index (χ3v) is 2.34. The second kappa shape index (κ2) is 6.65. The SMILES string of the molecule is CCNCc1cnc(OCC(F)(F)C(F)F)nc1C. The molecule has 0 aliphatic rings. The summed E-state index contributed by atoms with van der Waals surface area (Å²) < 4.78 is 53.6. The average Bonchev–Trinajstić information content (AvgIpc) is 2.35. The van der Waals surface area contributed by atoms with Crippen LogP contribution in [0.1, 0.15) is 18.2 Å². The van der Waals surface area contributed by atoms with Crippen LogP contribution in [-0.4, -0.2) is 35.5 Å². The summed E-state index contributed by atoms with van der Waals surface area (Å²) in [6.45, 7) is 3.44. The quantitative estimate of drug-likeness (QED) is 0.778. The van der Waals surface area contributed by atoms with Crippen molar-refractivity contribution in [2.24, 2.45) is 0 Å². The lowest BCUT2D eigenvalue weighted by Gasteiger charge is -2.15. The molecule has 108 valence electrons. The van der Waals surface area contributed by atoms with E-state index in [9.17, 15) is 17.6 Å². The number of nitrogens with one attached hydrogen (secondary N) is 1. The van der Waals surface area contributed by atoms with Crippen molar-refractivity contribution >= 4 is 0 Å². The summed E-state index contributed by atoms with van der Waals surface area (Å²) in [5, 5.41) is 3.06. The van der Waals surface area contributed by atoms with E-state index in [4.69, 9.17) is 0 Å². The van der Waals surface area contributed by atoms with Gasteiger partial charge in [0.15, 0.2) is 6.61 Å². The van der Waals surface area contributed by atoms with Gasteiger partial charge in [-0.1, -0.05) is 6.92 Å². The van der Waals surface area contributed by atoms with Crippen molar-refractivity contribution in [3.8, 4) is 6.01 Å². The normalized spacial score (nSPS) is 11.9. The molecule has 0 fully saturated rings. The van der Waals surface area contributed by atoms with Crippen LogP contribution in [0.3, 0.4) is 0 Å². The topological polar surface area (TPSA) is 47.0 Å². The Morgan fingerprint density at radius 3 is 2.63 bits per heavy atom. The van der Waals surface area contributed by atoms with Crippen LogP contribution in [0.4, 0.5) is 17.6 Å². The molecule has 4 nitrogen and oxygen atoms in total. The molecule has 0 bridgehead atoms. The summed E-state index contributed by atoms with van der Waals surface area (Å²) in [6.07, 6.45) is -2.36. The van der Waals surface area contributed by atoms with Crippen molar-refractivity contribution < 1.29 is 22.3 Å². The molecule has 0 amide bonds. The first-order valence-corrected chi connectivity index (χ1v) is 5.68. The molecule has 0 atom stereocenters. The Balaban J connectivity index is 2.63. The number of halogens is 4. The first-order valence-electron chi connectivity index (χ1n) is 5.68. The Morgan fingerprint density at radius 2 is 2.11 bits per heavy atom. The molecule has 0 aliphatic carbocycles. The molecular weight excluding hydrogens is 266 g/mol. The van der Waals surface area contributed by atoms with E-state index >= 15 is 0 Å². The minimum absolute atomic E-state index is 0.335. The van der Waals surface area contributed by atoms with Crippen LogP contribution in [0, 0.1) is 6.92 Å². The second-order valence-corrected chi connectivity index (χ2v) is 3.89. The summed E-state index contributed by atoms with van der Waals surface area (Å²) in [7, 11) is 0. The van der Waals surface area contributed by atoms with E-state index in [0.717, 1.165) is 12.1 Å². The number of alkyl halides is 4. The zero-order chi connectivity index (χ0) is 14.5. The number of ether oxygens (including phenoxy) is 1. The molecule has 1 aromatic rings. The zero-order valence-corrected chi connectivity index (χ0v) is 10.6. The van der Waals surface area contributed by atoms with E-state index < -0.39 is 19.0 Å². The lowest BCUT2D eigenvalue weighted by molar-refractivity contribution is -0.149. The first-order chi connectivity index (χ1) is 8.86. The molecule has 0 spiro atoms. The molecule has 1 heterocycles. The van der Waals surface area contributed by atoms with Gasteiger partial charge in [0.05, 0.1) is 0 Å². The van der Waals surface area contributed by atoms with Gasteiger partial charge in [-0.25, -0.2) is 18.7 Å². The Labute approximate surface area is 108 Å². The Morgan fingerprint density at radius 1 is 1.42 bits per heavy atom. The van der Waals surface area contributed by atoms with Crippen LogP contribution in [0.25, 0.3) is 0 Å². The standard InChI is InChI=1S/C11H15F4N3O/c1-3-16-4-8-5-17-10(18-7(8)2)19-6-11(14,15)9(12)13/h5,9,16H,3-4,6H2,1-2H3. The number of aryl methyl sites for hydroxylation is 1. The molecule has 8 heteroatoms. The van der Waals surface area contributed by atoms with Gasteiger partial charge in [0.2, 0.25) is 0 Å². The van der Waals surface area contributed by atoms with E-state index in [1.165, 1.54) is 6.20 Å². The maximum atomic E-state index is 12.6. The number of nitrogens with zero attached hydrogens (tertiary/aromatic N) is 2. The lowest BCUT2D eigenvalue weighted by Crippen LogP contribution is -2.34. The Bertz CT molecular complexity index is 415. The van der Waals surface area contributed by atoms with Crippen LogP contribution < -0.4 is 10.1 Å². The Kier molecular flexibility index (Phi) is 5.46. The Hall–Kier alpha value is -1.44. The van der Waals surface area contributed by atoms with Gasteiger partial charge in [0.1, 0.15) is 0 Å². The van der Waals surface area contributed by atoms with Crippen LogP contribution in [0.2, 0.25) is 0 Å². The predicted molar refractivity (Wildman–Crippen MR) is 60.6 cm³/mol. The minimum atomic E-state index is -4.21. The monoisotopic (exact) mass is 281 g/mol. The van der Waals surface area contributed by atoms with E-state index in [1.807, 2.05) is 6.92 Å². The highest BCUT2D eigenvalue weighted by molar-refractivity contribution is 5.17. The highest BCUT2D eigenvalue weighted by Crippen LogP contribution is 2.23. The number of aromatic nitrogens is 2. The molecule has 0 saturated heterocycles. The maximum absolute atomic E-state index is 12.6. The van der Waals surface area contributed by atoms with Crippen molar-refractivity contribution in [1.82, 2.24) is 15.3 Å².